The lowest BCUT2D eigenvalue weighted by molar-refractivity contribution is -0.130. The van der Waals surface area contributed by atoms with Crippen molar-refractivity contribution in [1.82, 2.24) is 0 Å². The Balaban J connectivity index is 1.75. The molecule has 1 heterocycles. The highest BCUT2D eigenvalue weighted by atomic mass is 16.6. The Morgan fingerprint density at radius 2 is 1.65 bits per heavy atom. The van der Waals surface area contributed by atoms with Crippen molar-refractivity contribution >= 4 is 17.9 Å². The van der Waals surface area contributed by atoms with Gasteiger partial charge in [-0.3, -0.25) is 0 Å². The van der Waals surface area contributed by atoms with E-state index in [0.29, 0.717) is 23.8 Å². The van der Waals surface area contributed by atoms with Gasteiger partial charge in [0.15, 0.2) is 11.6 Å². The fourth-order valence-electron chi connectivity index (χ4n) is 2.64. The molecule has 0 aromatic heterocycles. The first-order chi connectivity index (χ1) is 12.6. The minimum absolute atomic E-state index is 0.277. The summed E-state index contributed by atoms with van der Waals surface area (Å²) in [6, 6.07) is 13.7. The molecule has 0 N–H and O–H groups in total. The van der Waals surface area contributed by atoms with E-state index in [-0.39, 0.29) is 5.70 Å². The molecule has 0 fully saturated rings. The van der Waals surface area contributed by atoms with Crippen LogP contribution in [0.5, 0.6) is 11.5 Å². The van der Waals surface area contributed by atoms with E-state index in [1.807, 2.05) is 12.1 Å². The minimum Gasteiger partial charge on any atom is -0.497 e. The number of hydrogen-bond acceptors (Lipinski definition) is 5. The van der Waals surface area contributed by atoms with Crippen molar-refractivity contribution in [3.8, 4) is 11.5 Å². The first-order valence-electron chi connectivity index (χ1n) is 8.37. The lowest BCUT2D eigenvalue weighted by Crippen LogP contribution is -2.05. The molecule has 26 heavy (non-hydrogen) atoms. The SMILES string of the molecule is COc1cc(/C=C2/N=C(CCc3ccc(C)cc3)OC2=O)cc(OC)c1. The van der Waals surface area contributed by atoms with Crippen LogP contribution in [0.15, 0.2) is 53.2 Å². The Hall–Kier alpha value is -3.08. The number of carbonyl (C=O) groups is 1. The molecular weight excluding hydrogens is 330 g/mol. The molecule has 0 amide bonds. The summed E-state index contributed by atoms with van der Waals surface area (Å²) in [5, 5.41) is 0. The Kier molecular flexibility index (Phi) is 5.37. The topological polar surface area (TPSA) is 57.1 Å². The zero-order valence-electron chi connectivity index (χ0n) is 15.1. The number of rotatable bonds is 6. The number of hydrogen-bond donors (Lipinski definition) is 0. The largest absolute Gasteiger partial charge is 0.497 e. The number of aryl methyl sites for hydroxylation is 2. The van der Waals surface area contributed by atoms with Gasteiger partial charge in [-0.2, -0.15) is 0 Å². The van der Waals surface area contributed by atoms with Crippen molar-refractivity contribution in [3.63, 3.8) is 0 Å². The van der Waals surface area contributed by atoms with Crippen molar-refractivity contribution in [2.24, 2.45) is 4.99 Å². The predicted octanol–water partition coefficient (Wildman–Crippen LogP) is 3.94. The van der Waals surface area contributed by atoms with Crippen LogP contribution in [0.25, 0.3) is 6.08 Å². The van der Waals surface area contributed by atoms with Crippen molar-refractivity contribution in [1.29, 1.82) is 0 Å². The average Bonchev–Trinajstić information content (AvgIpc) is 3.00. The molecule has 1 aliphatic heterocycles. The Bertz CT molecular complexity index is 844. The monoisotopic (exact) mass is 351 g/mol. The number of cyclic esters (lactones) is 1. The minimum atomic E-state index is -0.439. The number of esters is 1. The van der Waals surface area contributed by atoms with Gasteiger partial charge in [0.1, 0.15) is 11.5 Å². The standard InChI is InChI=1S/C21H21NO4/c1-14-4-6-15(7-5-14)8-9-20-22-19(21(23)26-20)12-16-10-17(24-2)13-18(11-16)25-3/h4-7,10-13H,8-9H2,1-3H3/b19-12+. The Morgan fingerprint density at radius 1 is 1.00 bits per heavy atom. The van der Waals surface area contributed by atoms with Gasteiger partial charge < -0.3 is 14.2 Å². The maximum absolute atomic E-state index is 12.1. The van der Waals surface area contributed by atoms with Gasteiger partial charge >= 0.3 is 5.97 Å². The summed E-state index contributed by atoms with van der Waals surface area (Å²) in [5.74, 6) is 1.29. The second-order valence-corrected chi connectivity index (χ2v) is 6.06. The van der Waals surface area contributed by atoms with E-state index in [0.717, 1.165) is 12.0 Å². The van der Waals surface area contributed by atoms with Gasteiger partial charge in [-0.05, 0) is 42.7 Å². The third kappa shape index (κ3) is 4.30. The van der Waals surface area contributed by atoms with E-state index in [1.54, 1.807) is 26.4 Å². The molecule has 3 rings (SSSR count). The molecule has 0 saturated carbocycles. The van der Waals surface area contributed by atoms with E-state index in [9.17, 15) is 4.79 Å². The Labute approximate surface area is 152 Å². The molecule has 0 unspecified atom stereocenters. The van der Waals surface area contributed by atoms with E-state index in [2.05, 4.69) is 36.2 Å². The van der Waals surface area contributed by atoms with Gasteiger partial charge in [-0.1, -0.05) is 29.8 Å². The van der Waals surface area contributed by atoms with Crippen molar-refractivity contribution in [2.45, 2.75) is 19.8 Å². The van der Waals surface area contributed by atoms with Gasteiger partial charge in [0.05, 0.1) is 14.2 Å². The zero-order chi connectivity index (χ0) is 18.5. The first-order valence-corrected chi connectivity index (χ1v) is 8.37. The summed E-state index contributed by atoms with van der Waals surface area (Å²) in [6.07, 6.45) is 3.02. The number of benzene rings is 2. The van der Waals surface area contributed by atoms with Gasteiger partial charge in [0, 0.05) is 12.5 Å². The van der Waals surface area contributed by atoms with Crippen LogP contribution in [0.4, 0.5) is 0 Å². The number of nitrogens with zero attached hydrogens (tertiary/aromatic N) is 1. The average molecular weight is 351 g/mol. The number of methoxy groups -OCH3 is 2. The highest BCUT2D eigenvalue weighted by Crippen LogP contribution is 2.25. The molecule has 0 bridgehead atoms. The van der Waals surface area contributed by atoms with Gasteiger partial charge in [-0.15, -0.1) is 0 Å². The van der Waals surface area contributed by atoms with E-state index < -0.39 is 5.97 Å². The molecule has 0 atom stereocenters. The molecule has 5 heteroatoms. The Morgan fingerprint density at radius 3 is 2.27 bits per heavy atom. The van der Waals surface area contributed by atoms with Gasteiger partial charge in [0.2, 0.25) is 0 Å². The van der Waals surface area contributed by atoms with Gasteiger partial charge in [-0.25, -0.2) is 9.79 Å². The highest BCUT2D eigenvalue weighted by molar-refractivity contribution is 6.07. The van der Waals surface area contributed by atoms with E-state index in [4.69, 9.17) is 14.2 Å². The van der Waals surface area contributed by atoms with Crippen LogP contribution in [0, 0.1) is 6.92 Å². The van der Waals surface area contributed by atoms with Crippen LogP contribution in [0.1, 0.15) is 23.1 Å². The predicted molar refractivity (Wildman–Crippen MR) is 101 cm³/mol. The molecule has 0 radical (unpaired) electrons. The molecule has 2 aromatic rings. The maximum Gasteiger partial charge on any atom is 0.363 e. The quantitative estimate of drug-likeness (QED) is 0.584. The number of aliphatic imine (C=N–C) groups is 1. The molecule has 0 aliphatic carbocycles. The molecule has 134 valence electrons. The fraction of sp³-hybridized carbons (Fsp3) is 0.238. The lowest BCUT2D eigenvalue weighted by Gasteiger charge is -2.05. The highest BCUT2D eigenvalue weighted by Gasteiger charge is 2.22. The molecule has 0 saturated heterocycles. The lowest BCUT2D eigenvalue weighted by atomic mass is 10.1. The molecule has 5 nitrogen and oxygen atoms in total. The number of carbonyl (C=O) groups excluding carboxylic acids is 1. The molecule has 1 aliphatic rings. The van der Waals surface area contributed by atoms with Crippen LogP contribution < -0.4 is 9.47 Å². The zero-order valence-corrected chi connectivity index (χ0v) is 15.1. The number of ether oxygens (including phenoxy) is 3. The fourth-order valence-corrected chi connectivity index (χ4v) is 2.64. The van der Waals surface area contributed by atoms with Crippen LogP contribution in [-0.4, -0.2) is 26.1 Å². The summed E-state index contributed by atoms with van der Waals surface area (Å²) in [6.45, 7) is 2.05. The summed E-state index contributed by atoms with van der Waals surface area (Å²) in [4.78, 5) is 16.4. The second kappa shape index (κ2) is 7.87. The molecular formula is C21H21NO4. The summed E-state index contributed by atoms with van der Waals surface area (Å²) in [5.41, 5.74) is 3.44. The third-order valence-electron chi connectivity index (χ3n) is 4.09. The first kappa shape index (κ1) is 17.7. The molecule has 0 spiro atoms. The molecule has 2 aromatic carbocycles. The van der Waals surface area contributed by atoms with Crippen LogP contribution >= 0.6 is 0 Å². The summed E-state index contributed by atoms with van der Waals surface area (Å²) in [7, 11) is 3.16. The smallest absolute Gasteiger partial charge is 0.363 e. The third-order valence-corrected chi connectivity index (χ3v) is 4.09. The van der Waals surface area contributed by atoms with Gasteiger partial charge in [0.25, 0.3) is 0 Å². The summed E-state index contributed by atoms with van der Waals surface area (Å²) >= 11 is 0. The van der Waals surface area contributed by atoms with Crippen molar-refractivity contribution in [2.75, 3.05) is 14.2 Å². The maximum atomic E-state index is 12.1. The van der Waals surface area contributed by atoms with Crippen LogP contribution in [-0.2, 0) is 16.0 Å². The second-order valence-electron chi connectivity index (χ2n) is 6.06. The van der Waals surface area contributed by atoms with E-state index >= 15 is 0 Å². The van der Waals surface area contributed by atoms with Crippen LogP contribution in [0.3, 0.4) is 0 Å². The van der Waals surface area contributed by atoms with Crippen molar-refractivity contribution < 1.29 is 19.0 Å². The van der Waals surface area contributed by atoms with Crippen molar-refractivity contribution in [3.05, 3.63) is 64.9 Å². The summed E-state index contributed by atoms with van der Waals surface area (Å²) < 4.78 is 15.8. The normalized spacial score (nSPS) is 15.0. The van der Waals surface area contributed by atoms with E-state index in [1.165, 1.54) is 11.1 Å². The van der Waals surface area contributed by atoms with Crippen LogP contribution in [0.2, 0.25) is 0 Å².